The Morgan fingerprint density at radius 2 is 1.86 bits per heavy atom. The third-order valence-corrected chi connectivity index (χ3v) is 6.36. The maximum Gasteiger partial charge on any atom is 0.413 e. The number of anilines is 1. The molecular weight excluding hydrogens is 456 g/mol. The standard InChI is InChI=1S/C28H26N4O4/c1-17(33)32-24-12-11-21(31(2)28(35)36-3)16-22(24)25(27(32)34)26(19-7-5-4-6-8-19)30-20-13-14-29-23(15-20)18-9-10-18/h4-8,11-16,18,34H,9-10H2,1-3H3. The Labute approximate surface area is 208 Å². The summed E-state index contributed by atoms with van der Waals surface area (Å²) in [5.41, 5.74) is 4.43. The number of hydrogen-bond acceptors (Lipinski definition) is 6. The number of carbonyl (C=O) groups is 2. The van der Waals surface area contributed by atoms with E-state index in [1.54, 1.807) is 31.4 Å². The van der Waals surface area contributed by atoms with Crippen molar-refractivity contribution in [2.24, 2.45) is 4.99 Å². The molecule has 2 aromatic heterocycles. The summed E-state index contributed by atoms with van der Waals surface area (Å²) in [5, 5.41) is 12.0. The van der Waals surface area contributed by atoms with Gasteiger partial charge in [0, 0.05) is 48.4 Å². The number of aliphatic imine (C=N–C) groups is 1. The zero-order chi connectivity index (χ0) is 25.4. The van der Waals surface area contributed by atoms with Gasteiger partial charge in [-0.05, 0) is 43.2 Å². The molecular formula is C28H26N4O4. The van der Waals surface area contributed by atoms with Crippen molar-refractivity contribution in [1.82, 2.24) is 9.55 Å². The average molecular weight is 483 g/mol. The van der Waals surface area contributed by atoms with E-state index in [1.807, 2.05) is 42.5 Å². The lowest BCUT2D eigenvalue weighted by molar-refractivity contribution is 0.0933. The number of nitrogens with zero attached hydrogens (tertiary/aromatic N) is 4. The quantitative estimate of drug-likeness (QED) is 0.371. The summed E-state index contributed by atoms with van der Waals surface area (Å²) >= 11 is 0. The largest absolute Gasteiger partial charge is 0.494 e. The molecule has 8 heteroatoms. The summed E-state index contributed by atoms with van der Waals surface area (Å²) < 4.78 is 6.11. The predicted octanol–water partition coefficient (Wildman–Crippen LogP) is 5.65. The van der Waals surface area contributed by atoms with Crippen LogP contribution in [0.3, 0.4) is 0 Å². The molecule has 0 bridgehead atoms. The molecule has 2 aromatic carbocycles. The Morgan fingerprint density at radius 1 is 1.11 bits per heavy atom. The average Bonchev–Trinajstić information content (AvgIpc) is 3.70. The van der Waals surface area contributed by atoms with Crippen LogP contribution >= 0.6 is 0 Å². The molecule has 1 fully saturated rings. The van der Waals surface area contributed by atoms with Gasteiger partial charge in [-0.25, -0.2) is 9.79 Å². The van der Waals surface area contributed by atoms with E-state index in [2.05, 4.69) is 4.98 Å². The lowest BCUT2D eigenvalue weighted by atomic mass is 10.0. The fourth-order valence-electron chi connectivity index (χ4n) is 4.37. The summed E-state index contributed by atoms with van der Waals surface area (Å²) in [6, 6.07) is 18.5. The number of hydrogen-bond donors (Lipinski definition) is 1. The number of rotatable bonds is 5. The second-order valence-electron chi connectivity index (χ2n) is 8.82. The minimum atomic E-state index is -0.535. The second kappa shape index (κ2) is 9.30. The lowest BCUT2D eigenvalue weighted by Crippen LogP contribution is -2.25. The van der Waals surface area contributed by atoms with Crippen LogP contribution in [-0.4, -0.2) is 46.5 Å². The van der Waals surface area contributed by atoms with Crippen LogP contribution in [0.25, 0.3) is 10.9 Å². The van der Waals surface area contributed by atoms with Gasteiger partial charge in [-0.1, -0.05) is 30.3 Å². The van der Waals surface area contributed by atoms with Crippen molar-refractivity contribution in [1.29, 1.82) is 0 Å². The number of fused-ring (bicyclic) bond motifs is 1. The normalized spacial score (nSPS) is 13.6. The fraction of sp³-hybridized carbons (Fsp3) is 0.214. The maximum atomic E-state index is 12.6. The van der Waals surface area contributed by atoms with Crippen molar-refractivity contribution >= 4 is 40.0 Å². The van der Waals surface area contributed by atoms with Crippen LogP contribution in [0.4, 0.5) is 16.2 Å². The summed E-state index contributed by atoms with van der Waals surface area (Å²) in [6.07, 6.45) is 3.45. The van der Waals surface area contributed by atoms with Crippen molar-refractivity contribution in [3.8, 4) is 5.88 Å². The van der Waals surface area contributed by atoms with Crippen LogP contribution < -0.4 is 4.90 Å². The molecule has 8 nitrogen and oxygen atoms in total. The van der Waals surface area contributed by atoms with Gasteiger partial charge >= 0.3 is 6.09 Å². The number of aromatic hydroxyl groups is 1. The molecule has 0 radical (unpaired) electrons. The number of pyridine rings is 1. The maximum absolute atomic E-state index is 12.6. The molecule has 0 spiro atoms. The monoisotopic (exact) mass is 482 g/mol. The Balaban J connectivity index is 1.78. The molecule has 182 valence electrons. The Kier molecular flexibility index (Phi) is 6.01. The van der Waals surface area contributed by atoms with Crippen LogP contribution in [0, 0.1) is 0 Å². The Morgan fingerprint density at radius 3 is 2.53 bits per heavy atom. The zero-order valence-electron chi connectivity index (χ0n) is 20.3. The molecule has 36 heavy (non-hydrogen) atoms. The fourth-order valence-corrected chi connectivity index (χ4v) is 4.37. The Hall–Kier alpha value is -4.46. The first-order valence-electron chi connectivity index (χ1n) is 11.7. The highest BCUT2D eigenvalue weighted by Gasteiger charge is 2.27. The van der Waals surface area contributed by atoms with Gasteiger partial charge in [0.05, 0.1) is 29.6 Å². The third-order valence-electron chi connectivity index (χ3n) is 6.36. The van der Waals surface area contributed by atoms with Gasteiger partial charge < -0.3 is 9.84 Å². The first kappa shape index (κ1) is 23.3. The molecule has 0 atom stereocenters. The van der Waals surface area contributed by atoms with Crippen LogP contribution in [0.15, 0.2) is 71.9 Å². The SMILES string of the molecule is COC(=O)N(C)c1ccc2c(c1)c(C(=Nc1ccnc(C3CC3)c1)c1ccccc1)c(O)n2C(C)=O. The van der Waals surface area contributed by atoms with Gasteiger partial charge in [-0.3, -0.25) is 19.2 Å². The molecule has 5 rings (SSSR count). The number of aromatic nitrogens is 2. The van der Waals surface area contributed by atoms with E-state index in [0.717, 1.165) is 24.1 Å². The lowest BCUT2D eigenvalue weighted by Gasteiger charge is -2.16. The van der Waals surface area contributed by atoms with E-state index in [1.165, 1.54) is 23.5 Å². The van der Waals surface area contributed by atoms with Crippen molar-refractivity contribution in [2.75, 3.05) is 19.1 Å². The molecule has 0 saturated heterocycles. The van der Waals surface area contributed by atoms with Crippen LogP contribution in [0.2, 0.25) is 0 Å². The molecule has 0 aliphatic heterocycles. The van der Waals surface area contributed by atoms with Gasteiger partial charge in [0.25, 0.3) is 0 Å². The van der Waals surface area contributed by atoms with Gasteiger partial charge in [-0.2, -0.15) is 0 Å². The van der Waals surface area contributed by atoms with E-state index >= 15 is 0 Å². The van der Waals surface area contributed by atoms with E-state index in [0.29, 0.717) is 39.5 Å². The van der Waals surface area contributed by atoms with E-state index in [9.17, 15) is 14.7 Å². The molecule has 0 unspecified atom stereocenters. The van der Waals surface area contributed by atoms with Gasteiger partial charge in [0.15, 0.2) is 0 Å². The molecule has 1 saturated carbocycles. The second-order valence-corrected chi connectivity index (χ2v) is 8.82. The van der Waals surface area contributed by atoms with Crippen molar-refractivity contribution in [2.45, 2.75) is 25.7 Å². The molecule has 4 aromatic rings. The van der Waals surface area contributed by atoms with Gasteiger partial charge in [-0.15, -0.1) is 0 Å². The smallest absolute Gasteiger partial charge is 0.413 e. The van der Waals surface area contributed by atoms with Crippen molar-refractivity contribution in [3.05, 3.63) is 83.7 Å². The molecule has 2 heterocycles. The highest BCUT2D eigenvalue weighted by atomic mass is 16.5. The summed E-state index contributed by atoms with van der Waals surface area (Å²) in [6.45, 7) is 1.39. The van der Waals surface area contributed by atoms with E-state index in [4.69, 9.17) is 9.73 Å². The number of methoxy groups -OCH3 is 1. The number of ether oxygens (including phenoxy) is 1. The van der Waals surface area contributed by atoms with Gasteiger partial charge in [0.2, 0.25) is 11.8 Å². The zero-order valence-corrected chi connectivity index (χ0v) is 20.3. The van der Waals surface area contributed by atoms with Crippen LogP contribution in [-0.2, 0) is 4.74 Å². The number of carbonyl (C=O) groups excluding carboxylic acids is 2. The minimum absolute atomic E-state index is 0.213. The molecule has 1 aliphatic carbocycles. The molecule has 1 N–H and O–H groups in total. The summed E-state index contributed by atoms with van der Waals surface area (Å²) in [7, 11) is 2.91. The summed E-state index contributed by atoms with van der Waals surface area (Å²) in [4.78, 5) is 35.6. The van der Waals surface area contributed by atoms with Crippen molar-refractivity contribution in [3.63, 3.8) is 0 Å². The first-order chi connectivity index (χ1) is 17.4. The van der Waals surface area contributed by atoms with Gasteiger partial charge in [0.1, 0.15) is 0 Å². The van der Waals surface area contributed by atoms with E-state index < -0.39 is 6.09 Å². The first-order valence-corrected chi connectivity index (χ1v) is 11.7. The van der Waals surface area contributed by atoms with Crippen LogP contribution in [0.5, 0.6) is 5.88 Å². The highest BCUT2D eigenvalue weighted by Crippen LogP contribution is 2.40. The third kappa shape index (κ3) is 4.22. The van der Waals surface area contributed by atoms with E-state index in [-0.39, 0.29) is 11.8 Å². The number of amides is 1. The Bertz CT molecular complexity index is 1500. The topological polar surface area (TPSA) is 97.0 Å². The predicted molar refractivity (Wildman–Crippen MR) is 139 cm³/mol. The van der Waals surface area contributed by atoms with Crippen molar-refractivity contribution < 1.29 is 19.4 Å². The minimum Gasteiger partial charge on any atom is -0.494 e. The summed E-state index contributed by atoms with van der Waals surface area (Å²) in [5.74, 6) is -0.0932. The molecule has 1 amide bonds. The highest BCUT2D eigenvalue weighted by molar-refractivity contribution is 6.23. The molecule has 1 aliphatic rings. The van der Waals surface area contributed by atoms with Crippen LogP contribution in [0.1, 0.15) is 47.3 Å². The number of benzene rings is 2.